The fourth-order valence-electron chi connectivity index (χ4n) is 2.13. The first-order chi connectivity index (χ1) is 9.24. The van der Waals surface area contributed by atoms with Crippen molar-refractivity contribution in [3.8, 4) is 0 Å². The maximum absolute atomic E-state index is 4.56. The summed E-state index contributed by atoms with van der Waals surface area (Å²) >= 11 is 0. The lowest BCUT2D eigenvalue weighted by Gasteiger charge is -2.14. The molecule has 0 radical (unpaired) electrons. The topological polar surface area (TPSA) is 42.7 Å². The summed E-state index contributed by atoms with van der Waals surface area (Å²) in [4.78, 5) is 4.05. The Labute approximate surface area is 114 Å². The van der Waals surface area contributed by atoms with Gasteiger partial charge in [0.25, 0.3) is 0 Å². The largest absolute Gasteiger partial charge is 0.305 e. The summed E-state index contributed by atoms with van der Waals surface area (Å²) in [5.41, 5.74) is 3.67. The maximum atomic E-state index is 4.56. The molecule has 0 aliphatic carbocycles. The molecule has 0 unspecified atom stereocenters. The van der Waals surface area contributed by atoms with Crippen LogP contribution in [0.15, 0.2) is 30.6 Å². The molecule has 0 spiro atoms. The predicted octanol–water partition coefficient (Wildman–Crippen LogP) is 2.71. The first kappa shape index (κ1) is 13.7. The van der Waals surface area contributed by atoms with Crippen LogP contribution in [-0.4, -0.2) is 14.8 Å². The van der Waals surface area contributed by atoms with Gasteiger partial charge in [0.2, 0.25) is 0 Å². The molecule has 4 heteroatoms. The van der Waals surface area contributed by atoms with Crippen molar-refractivity contribution in [3.63, 3.8) is 0 Å². The van der Waals surface area contributed by atoms with Gasteiger partial charge in [-0.15, -0.1) is 0 Å². The van der Waals surface area contributed by atoms with Crippen molar-refractivity contribution < 1.29 is 0 Å². The summed E-state index contributed by atoms with van der Waals surface area (Å²) in [5, 5.41) is 8.10. The van der Waals surface area contributed by atoms with Gasteiger partial charge >= 0.3 is 0 Å². The third kappa shape index (κ3) is 3.41. The van der Waals surface area contributed by atoms with Gasteiger partial charge in [0, 0.05) is 31.5 Å². The molecule has 0 fully saturated rings. The summed E-state index contributed by atoms with van der Waals surface area (Å²) in [6, 6.07) is 6.60. The Morgan fingerprint density at radius 3 is 2.63 bits per heavy atom. The van der Waals surface area contributed by atoms with E-state index in [1.807, 2.05) is 24.5 Å². The number of nitrogens with zero attached hydrogens (tertiary/aromatic N) is 3. The zero-order valence-electron chi connectivity index (χ0n) is 11.9. The molecule has 19 heavy (non-hydrogen) atoms. The SMILES string of the molecule is CCc1cc(CN[C@H](C)c2ccncc2)n(CC)n1. The van der Waals surface area contributed by atoms with E-state index >= 15 is 0 Å². The van der Waals surface area contributed by atoms with Crippen LogP contribution in [0.3, 0.4) is 0 Å². The van der Waals surface area contributed by atoms with Crippen LogP contribution in [-0.2, 0) is 19.5 Å². The van der Waals surface area contributed by atoms with Gasteiger partial charge < -0.3 is 5.32 Å². The van der Waals surface area contributed by atoms with Crippen molar-refractivity contribution in [1.82, 2.24) is 20.1 Å². The lowest BCUT2D eigenvalue weighted by molar-refractivity contribution is 0.530. The molecule has 2 heterocycles. The first-order valence-electron chi connectivity index (χ1n) is 6.93. The molecule has 102 valence electrons. The van der Waals surface area contributed by atoms with Crippen molar-refractivity contribution in [1.29, 1.82) is 0 Å². The summed E-state index contributed by atoms with van der Waals surface area (Å²) in [7, 11) is 0. The van der Waals surface area contributed by atoms with Crippen molar-refractivity contribution in [2.75, 3.05) is 0 Å². The van der Waals surface area contributed by atoms with Crippen molar-refractivity contribution >= 4 is 0 Å². The monoisotopic (exact) mass is 258 g/mol. The van der Waals surface area contributed by atoms with Crippen LogP contribution in [0.1, 0.15) is 43.8 Å². The van der Waals surface area contributed by atoms with E-state index in [1.165, 1.54) is 11.3 Å². The number of pyridine rings is 1. The molecular formula is C15H22N4. The number of aryl methyl sites for hydroxylation is 2. The molecule has 0 saturated heterocycles. The Hall–Kier alpha value is -1.68. The molecule has 1 N–H and O–H groups in total. The van der Waals surface area contributed by atoms with Gasteiger partial charge in [-0.3, -0.25) is 9.67 Å². The molecule has 0 aliphatic rings. The molecule has 0 aliphatic heterocycles. The number of nitrogens with one attached hydrogen (secondary N) is 1. The van der Waals surface area contributed by atoms with Crippen molar-refractivity contribution in [3.05, 3.63) is 47.5 Å². The highest BCUT2D eigenvalue weighted by molar-refractivity contribution is 5.15. The first-order valence-corrected chi connectivity index (χ1v) is 6.93. The van der Waals surface area contributed by atoms with Gasteiger partial charge in [0.1, 0.15) is 0 Å². The van der Waals surface area contributed by atoms with E-state index in [-0.39, 0.29) is 0 Å². The van der Waals surface area contributed by atoms with Crippen LogP contribution in [0.4, 0.5) is 0 Å². The van der Waals surface area contributed by atoms with Gasteiger partial charge in [-0.25, -0.2) is 0 Å². The molecule has 2 aromatic rings. The fourth-order valence-corrected chi connectivity index (χ4v) is 2.13. The van der Waals surface area contributed by atoms with Crippen LogP contribution >= 0.6 is 0 Å². The molecule has 1 atom stereocenters. The third-order valence-corrected chi connectivity index (χ3v) is 3.37. The molecular weight excluding hydrogens is 236 g/mol. The number of rotatable bonds is 6. The van der Waals surface area contributed by atoms with Gasteiger partial charge in [-0.05, 0) is 44.0 Å². The molecule has 2 rings (SSSR count). The van der Waals surface area contributed by atoms with Gasteiger partial charge in [0.05, 0.1) is 11.4 Å². The smallest absolute Gasteiger partial charge is 0.0625 e. The normalized spacial score (nSPS) is 12.6. The third-order valence-electron chi connectivity index (χ3n) is 3.37. The summed E-state index contributed by atoms with van der Waals surface area (Å²) in [6.07, 6.45) is 4.65. The fraction of sp³-hybridized carbons (Fsp3) is 0.467. The maximum Gasteiger partial charge on any atom is 0.0625 e. The summed E-state index contributed by atoms with van der Waals surface area (Å²) < 4.78 is 2.07. The van der Waals surface area contributed by atoms with E-state index in [2.05, 4.69) is 46.9 Å². The minimum absolute atomic E-state index is 0.313. The highest BCUT2D eigenvalue weighted by atomic mass is 15.3. The summed E-state index contributed by atoms with van der Waals surface area (Å²) in [5.74, 6) is 0. The quantitative estimate of drug-likeness (QED) is 0.866. The molecule has 0 amide bonds. The zero-order valence-corrected chi connectivity index (χ0v) is 11.9. The van der Waals surface area contributed by atoms with Crippen LogP contribution in [0.25, 0.3) is 0 Å². The minimum atomic E-state index is 0.313. The van der Waals surface area contributed by atoms with Crippen LogP contribution in [0, 0.1) is 0 Å². The van der Waals surface area contributed by atoms with E-state index in [0.29, 0.717) is 6.04 Å². The number of hydrogen-bond donors (Lipinski definition) is 1. The lowest BCUT2D eigenvalue weighted by Crippen LogP contribution is -2.20. The van der Waals surface area contributed by atoms with Crippen LogP contribution < -0.4 is 5.32 Å². The van der Waals surface area contributed by atoms with Gasteiger partial charge in [-0.2, -0.15) is 5.10 Å². The van der Waals surface area contributed by atoms with E-state index in [4.69, 9.17) is 0 Å². The summed E-state index contributed by atoms with van der Waals surface area (Å²) in [6.45, 7) is 8.19. The van der Waals surface area contributed by atoms with E-state index in [9.17, 15) is 0 Å². The second-order valence-electron chi connectivity index (χ2n) is 4.68. The van der Waals surface area contributed by atoms with Crippen molar-refractivity contribution in [2.24, 2.45) is 0 Å². The second kappa shape index (κ2) is 6.48. The average molecular weight is 258 g/mol. The van der Waals surface area contributed by atoms with Gasteiger partial charge in [0.15, 0.2) is 0 Å². The predicted molar refractivity (Wildman–Crippen MR) is 76.8 cm³/mol. The Balaban J connectivity index is 2.00. The van der Waals surface area contributed by atoms with Gasteiger partial charge in [-0.1, -0.05) is 6.92 Å². The van der Waals surface area contributed by atoms with E-state index < -0.39 is 0 Å². The average Bonchev–Trinajstić information content (AvgIpc) is 2.88. The number of hydrogen-bond acceptors (Lipinski definition) is 3. The van der Waals surface area contributed by atoms with Crippen LogP contribution in [0.2, 0.25) is 0 Å². The van der Waals surface area contributed by atoms with E-state index in [0.717, 1.165) is 25.2 Å². The van der Waals surface area contributed by atoms with Crippen molar-refractivity contribution in [2.45, 2.75) is 46.3 Å². The Morgan fingerprint density at radius 2 is 2.00 bits per heavy atom. The molecule has 0 aromatic carbocycles. The second-order valence-corrected chi connectivity index (χ2v) is 4.68. The molecule has 0 bridgehead atoms. The molecule has 2 aromatic heterocycles. The van der Waals surface area contributed by atoms with Crippen LogP contribution in [0.5, 0.6) is 0 Å². The zero-order chi connectivity index (χ0) is 13.7. The standard InChI is InChI=1S/C15H22N4/c1-4-14-10-15(19(5-2)18-14)11-17-12(3)13-6-8-16-9-7-13/h6-10,12,17H,4-5,11H2,1-3H3/t12-/m1/s1. The molecule has 0 saturated carbocycles. The van der Waals surface area contributed by atoms with E-state index in [1.54, 1.807) is 0 Å². The number of aromatic nitrogens is 3. The Kier molecular flexibility index (Phi) is 4.68. The Bertz CT molecular complexity index is 504. The molecule has 4 nitrogen and oxygen atoms in total. The Morgan fingerprint density at radius 1 is 1.26 bits per heavy atom. The lowest BCUT2D eigenvalue weighted by atomic mass is 10.1. The highest BCUT2D eigenvalue weighted by Crippen LogP contribution is 2.12. The minimum Gasteiger partial charge on any atom is -0.305 e. The highest BCUT2D eigenvalue weighted by Gasteiger charge is 2.08.